The Morgan fingerprint density at radius 3 is 2.61 bits per heavy atom. The van der Waals surface area contributed by atoms with Crippen LogP contribution in [0.1, 0.15) is 52.5 Å². The first-order valence-electron chi connectivity index (χ1n) is 9.00. The van der Waals surface area contributed by atoms with Crippen molar-refractivity contribution in [2.24, 2.45) is 11.3 Å². The van der Waals surface area contributed by atoms with Gasteiger partial charge in [0.2, 0.25) is 0 Å². The van der Waals surface area contributed by atoms with E-state index in [9.17, 15) is 0 Å². The predicted octanol–water partition coefficient (Wildman–Crippen LogP) is 4.91. The van der Waals surface area contributed by atoms with Crippen molar-refractivity contribution in [2.75, 3.05) is 19.7 Å². The molecule has 1 saturated heterocycles. The average Bonchev–Trinajstić information content (AvgIpc) is 2.50. The Labute approximate surface area is 142 Å². The van der Waals surface area contributed by atoms with Gasteiger partial charge in [-0.15, -0.1) is 0 Å². The molecule has 0 spiro atoms. The molecule has 0 amide bonds. The van der Waals surface area contributed by atoms with E-state index in [0.717, 1.165) is 19.7 Å². The van der Waals surface area contributed by atoms with Crippen molar-refractivity contribution in [3.63, 3.8) is 0 Å². The molecule has 1 N–H and O–H groups in total. The second-order valence-corrected chi connectivity index (χ2v) is 7.82. The molecular weight excluding hydrogens is 282 g/mol. The lowest BCUT2D eigenvalue weighted by Gasteiger charge is -2.48. The summed E-state index contributed by atoms with van der Waals surface area (Å²) in [6.45, 7) is 12.1. The average molecular weight is 316 g/mol. The van der Waals surface area contributed by atoms with E-state index in [1.54, 1.807) is 0 Å². The zero-order valence-electron chi connectivity index (χ0n) is 15.3. The Morgan fingerprint density at radius 2 is 1.96 bits per heavy atom. The molecule has 1 heterocycles. The Kier molecular flexibility index (Phi) is 6.43. The van der Waals surface area contributed by atoms with Gasteiger partial charge in [0.25, 0.3) is 0 Å². The number of ether oxygens (including phenoxy) is 1. The molecule has 1 fully saturated rings. The number of hydrogen-bond donors (Lipinski definition) is 1. The van der Waals surface area contributed by atoms with Crippen LogP contribution in [0.5, 0.6) is 0 Å². The SMILES string of the molecule is CC(C)[C@@]1(CCNCC=Cc2ccccc2)CCOC(C)(C)C1. The molecule has 0 unspecified atom stereocenters. The van der Waals surface area contributed by atoms with E-state index >= 15 is 0 Å². The molecule has 1 aliphatic heterocycles. The quantitative estimate of drug-likeness (QED) is 0.722. The van der Waals surface area contributed by atoms with E-state index < -0.39 is 0 Å². The van der Waals surface area contributed by atoms with Crippen LogP contribution >= 0.6 is 0 Å². The monoisotopic (exact) mass is 315 g/mol. The van der Waals surface area contributed by atoms with Gasteiger partial charge in [-0.25, -0.2) is 0 Å². The number of rotatable bonds is 7. The minimum atomic E-state index is 0.0235. The van der Waals surface area contributed by atoms with Crippen molar-refractivity contribution in [1.29, 1.82) is 0 Å². The Morgan fingerprint density at radius 1 is 1.22 bits per heavy atom. The maximum absolute atomic E-state index is 5.93. The molecule has 23 heavy (non-hydrogen) atoms. The van der Waals surface area contributed by atoms with Crippen LogP contribution in [0.4, 0.5) is 0 Å². The van der Waals surface area contributed by atoms with Crippen LogP contribution in [-0.2, 0) is 4.74 Å². The second-order valence-electron chi connectivity index (χ2n) is 7.82. The van der Waals surface area contributed by atoms with Gasteiger partial charge >= 0.3 is 0 Å². The van der Waals surface area contributed by atoms with Crippen molar-refractivity contribution in [1.82, 2.24) is 5.32 Å². The van der Waals surface area contributed by atoms with Crippen molar-refractivity contribution < 1.29 is 4.74 Å². The first-order chi connectivity index (χ1) is 10.9. The van der Waals surface area contributed by atoms with Crippen LogP contribution in [-0.4, -0.2) is 25.3 Å². The summed E-state index contributed by atoms with van der Waals surface area (Å²) in [6.07, 6.45) is 7.99. The summed E-state index contributed by atoms with van der Waals surface area (Å²) >= 11 is 0. The third kappa shape index (κ3) is 5.47. The Bertz CT molecular complexity index is 492. The summed E-state index contributed by atoms with van der Waals surface area (Å²) in [7, 11) is 0. The van der Waals surface area contributed by atoms with E-state index in [4.69, 9.17) is 4.74 Å². The van der Waals surface area contributed by atoms with Crippen LogP contribution in [0.15, 0.2) is 36.4 Å². The van der Waals surface area contributed by atoms with Crippen molar-refractivity contribution in [3.8, 4) is 0 Å². The summed E-state index contributed by atoms with van der Waals surface area (Å²) < 4.78 is 5.93. The smallest absolute Gasteiger partial charge is 0.0631 e. The van der Waals surface area contributed by atoms with Gasteiger partial charge in [-0.2, -0.15) is 0 Å². The van der Waals surface area contributed by atoms with E-state index in [1.165, 1.54) is 24.8 Å². The highest BCUT2D eigenvalue weighted by Gasteiger charge is 2.42. The van der Waals surface area contributed by atoms with Gasteiger partial charge in [-0.1, -0.05) is 56.3 Å². The lowest BCUT2D eigenvalue weighted by atomic mass is 9.65. The Balaban J connectivity index is 1.78. The summed E-state index contributed by atoms with van der Waals surface area (Å²) in [6, 6.07) is 10.5. The molecule has 0 aromatic heterocycles. The molecule has 0 bridgehead atoms. The van der Waals surface area contributed by atoms with E-state index in [0.29, 0.717) is 11.3 Å². The Hall–Kier alpha value is -1.12. The molecule has 1 aliphatic rings. The van der Waals surface area contributed by atoms with Crippen molar-refractivity contribution in [3.05, 3.63) is 42.0 Å². The van der Waals surface area contributed by atoms with Gasteiger partial charge in [-0.3, -0.25) is 0 Å². The number of benzene rings is 1. The minimum absolute atomic E-state index is 0.0235. The summed E-state index contributed by atoms with van der Waals surface area (Å²) in [5, 5.41) is 3.58. The molecule has 0 radical (unpaired) electrons. The zero-order valence-corrected chi connectivity index (χ0v) is 15.3. The standard InChI is InChI=1S/C21H33NO/c1-18(2)21(13-16-23-20(3,4)17-21)12-15-22-14-8-11-19-9-6-5-7-10-19/h5-11,18,22H,12-17H2,1-4H3/t21-/m0/s1. The lowest BCUT2D eigenvalue weighted by Crippen LogP contribution is -2.45. The number of nitrogens with one attached hydrogen (secondary N) is 1. The van der Waals surface area contributed by atoms with E-state index in [2.05, 4.69) is 75.5 Å². The molecule has 1 aromatic rings. The highest BCUT2D eigenvalue weighted by atomic mass is 16.5. The fourth-order valence-electron chi connectivity index (χ4n) is 3.79. The molecular formula is C21H33NO. The fourth-order valence-corrected chi connectivity index (χ4v) is 3.79. The maximum Gasteiger partial charge on any atom is 0.0631 e. The second kappa shape index (κ2) is 8.12. The highest BCUT2D eigenvalue weighted by Crippen LogP contribution is 2.46. The number of hydrogen-bond acceptors (Lipinski definition) is 2. The molecule has 2 rings (SSSR count). The molecule has 1 aromatic carbocycles. The fraction of sp³-hybridized carbons (Fsp3) is 0.619. The topological polar surface area (TPSA) is 21.3 Å². The van der Waals surface area contributed by atoms with Crippen molar-refractivity contribution in [2.45, 2.75) is 52.6 Å². The molecule has 1 atom stereocenters. The third-order valence-corrected chi connectivity index (χ3v) is 5.27. The van der Waals surface area contributed by atoms with Gasteiger partial charge < -0.3 is 10.1 Å². The molecule has 0 saturated carbocycles. The third-order valence-electron chi connectivity index (χ3n) is 5.27. The van der Waals surface area contributed by atoms with Crippen LogP contribution in [0.3, 0.4) is 0 Å². The largest absolute Gasteiger partial charge is 0.376 e. The minimum Gasteiger partial charge on any atom is -0.376 e. The van der Waals surface area contributed by atoms with Crippen LogP contribution in [0.2, 0.25) is 0 Å². The highest BCUT2D eigenvalue weighted by molar-refractivity contribution is 5.48. The van der Waals surface area contributed by atoms with Gasteiger partial charge in [0.15, 0.2) is 0 Å². The summed E-state index contributed by atoms with van der Waals surface area (Å²) in [4.78, 5) is 0. The normalized spacial score (nSPS) is 24.4. The first kappa shape index (κ1) is 18.2. The summed E-state index contributed by atoms with van der Waals surface area (Å²) in [5.41, 5.74) is 1.70. The first-order valence-corrected chi connectivity index (χ1v) is 9.00. The summed E-state index contributed by atoms with van der Waals surface area (Å²) in [5.74, 6) is 0.701. The van der Waals surface area contributed by atoms with E-state index in [-0.39, 0.29) is 5.60 Å². The lowest BCUT2D eigenvalue weighted by molar-refractivity contribution is -0.120. The predicted molar refractivity (Wildman–Crippen MR) is 99.5 cm³/mol. The maximum atomic E-state index is 5.93. The van der Waals surface area contributed by atoms with Gasteiger partial charge in [0.05, 0.1) is 5.60 Å². The van der Waals surface area contributed by atoms with Gasteiger partial charge in [0.1, 0.15) is 0 Å². The van der Waals surface area contributed by atoms with Crippen LogP contribution in [0.25, 0.3) is 6.08 Å². The van der Waals surface area contributed by atoms with Crippen molar-refractivity contribution >= 4 is 6.08 Å². The molecule has 2 heteroatoms. The van der Waals surface area contributed by atoms with Crippen LogP contribution < -0.4 is 5.32 Å². The van der Waals surface area contributed by atoms with Gasteiger partial charge in [0, 0.05) is 13.2 Å². The van der Waals surface area contributed by atoms with Gasteiger partial charge in [-0.05, 0) is 56.6 Å². The van der Waals surface area contributed by atoms with Crippen LogP contribution in [0, 0.1) is 11.3 Å². The van der Waals surface area contributed by atoms with E-state index in [1.807, 2.05) is 0 Å². The zero-order chi connectivity index (χ0) is 16.8. The molecule has 128 valence electrons. The molecule has 2 nitrogen and oxygen atoms in total. The molecule has 0 aliphatic carbocycles.